The lowest BCUT2D eigenvalue weighted by Gasteiger charge is -2.36. The molecule has 3 rings (SSSR count). The molecule has 154 valence electrons. The molecular weight excluding hydrogens is 442 g/mol. The van der Waals surface area contributed by atoms with Crippen LogP contribution in [0.25, 0.3) is 0 Å². The predicted molar refractivity (Wildman–Crippen MR) is 113 cm³/mol. The van der Waals surface area contributed by atoms with Gasteiger partial charge in [-0.25, -0.2) is 0 Å². The number of thioether (sulfide) groups is 1. The number of anilines is 1. The van der Waals surface area contributed by atoms with E-state index in [9.17, 15) is 23.7 Å². The van der Waals surface area contributed by atoms with Crippen LogP contribution in [0.1, 0.15) is 9.67 Å². The Morgan fingerprint density at radius 2 is 1.76 bits per heavy atom. The van der Waals surface area contributed by atoms with Crippen LogP contribution in [-0.4, -0.2) is 57.7 Å². The second-order valence-electron chi connectivity index (χ2n) is 6.01. The number of thiophene rings is 1. The summed E-state index contributed by atoms with van der Waals surface area (Å²) >= 11 is 6.75. The second kappa shape index (κ2) is 9.46. The van der Waals surface area contributed by atoms with E-state index in [1.807, 2.05) is 4.90 Å². The normalized spacial score (nSPS) is 14.2. The highest BCUT2D eigenvalue weighted by Gasteiger charge is 2.25. The van der Waals surface area contributed by atoms with Crippen LogP contribution < -0.4 is 5.32 Å². The SMILES string of the molecule is O=C(c1ccc([N+](=O)[O-])s1)N1CCN(C(=S)Nc2ccc(SC(F)F)cc2)CC1. The minimum atomic E-state index is -2.46. The third-order valence-electron chi connectivity index (χ3n) is 4.17. The van der Waals surface area contributed by atoms with E-state index in [-0.39, 0.29) is 10.9 Å². The van der Waals surface area contributed by atoms with E-state index in [1.54, 1.807) is 29.2 Å². The number of amides is 1. The maximum absolute atomic E-state index is 12.5. The van der Waals surface area contributed by atoms with E-state index in [2.05, 4.69) is 5.32 Å². The van der Waals surface area contributed by atoms with Crippen LogP contribution in [0.4, 0.5) is 19.5 Å². The van der Waals surface area contributed by atoms with E-state index < -0.39 is 10.7 Å². The molecular formula is C17H16F2N4O3S3. The fraction of sp³-hybridized carbons (Fsp3) is 0.294. The second-order valence-corrected chi connectivity index (χ2v) is 8.52. The van der Waals surface area contributed by atoms with E-state index in [4.69, 9.17) is 12.2 Å². The molecule has 1 amide bonds. The molecule has 2 heterocycles. The van der Waals surface area contributed by atoms with Crippen molar-refractivity contribution in [1.82, 2.24) is 9.80 Å². The van der Waals surface area contributed by atoms with Gasteiger partial charge in [0.25, 0.3) is 11.7 Å². The lowest BCUT2D eigenvalue weighted by molar-refractivity contribution is -0.380. The molecule has 1 aromatic carbocycles. The molecule has 0 saturated carbocycles. The third kappa shape index (κ3) is 5.61. The summed E-state index contributed by atoms with van der Waals surface area (Å²) in [6.45, 7) is 1.92. The monoisotopic (exact) mass is 458 g/mol. The molecule has 2 aromatic rings. The molecule has 0 bridgehead atoms. The molecule has 12 heteroatoms. The van der Waals surface area contributed by atoms with Crippen molar-refractivity contribution in [3.05, 3.63) is 51.4 Å². The highest BCUT2D eigenvalue weighted by Crippen LogP contribution is 2.27. The Bertz CT molecular complexity index is 900. The van der Waals surface area contributed by atoms with Crippen LogP contribution in [0.5, 0.6) is 0 Å². The summed E-state index contributed by atoms with van der Waals surface area (Å²) in [4.78, 5) is 27.1. The van der Waals surface area contributed by atoms with Gasteiger partial charge in [0.05, 0.1) is 9.80 Å². The van der Waals surface area contributed by atoms with Gasteiger partial charge in [0.2, 0.25) is 0 Å². The summed E-state index contributed by atoms with van der Waals surface area (Å²) in [7, 11) is 0. The molecule has 1 N–H and O–H groups in total. The van der Waals surface area contributed by atoms with Crippen LogP contribution in [0, 0.1) is 10.1 Å². The first-order valence-electron chi connectivity index (χ1n) is 8.48. The smallest absolute Gasteiger partial charge is 0.324 e. The summed E-state index contributed by atoms with van der Waals surface area (Å²) in [6.07, 6.45) is 0. The van der Waals surface area contributed by atoms with E-state index in [0.717, 1.165) is 11.3 Å². The number of nitrogens with one attached hydrogen (secondary N) is 1. The standard InChI is InChI=1S/C17H16F2N4O3S3/c18-16(19)28-12-3-1-11(2-4-12)20-17(27)22-9-7-21(8-10-22)15(24)13-5-6-14(29-13)23(25)26/h1-6,16H,7-10H2,(H,20,27). The van der Waals surface area contributed by atoms with Gasteiger partial charge in [-0.1, -0.05) is 23.1 Å². The summed E-state index contributed by atoms with van der Waals surface area (Å²) < 4.78 is 24.7. The van der Waals surface area contributed by atoms with Crippen molar-refractivity contribution in [2.75, 3.05) is 31.5 Å². The summed E-state index contributed by atoms with van der Waals surface area (Å²) in [5.41, 5.74) is 0.693. The zero-order chi connectivity index (χ0) is 21.0. The summed E-state index contributed by atoms with van der Waals surface area (Å²) in [6, 6.07) is 9.36. The van der Waals surface area contributed by atoms with Crippen LogP contribution in [0.3, 0.4) is 0 Å². The highest BCUT2D eigenvalue weighted by atomic mass is 32.2. The van der Waals surface area contributed by atoms with E-state index >= 15 is 0 Å². The number of thiocarbonyl (C=S) groups is 1. The Balaban J connectivity index is 1.51. The fourth-order valence-corrected chi connectivity index (χ4v) is 4.32. The number of alkyl halides is 2. The molecule has 0 unspecified atom stereocenters. The quantitative estimate of drug-likeness (QED) is 0.312. The Kier molecular flexibility index (Phi) is 6.98. The molecule has 0 spiro atoms. The number of carbonyl (C=O) groups is 1. The number of nitro groups is 1. The number of hydrogen-bond acceptors (Lipinski definition) is 6. The lowest BCUT2D eigenvalue weighted by Crippen LogP contribution is -2.51. The van der Waals surface area contributed by atoms with Crippen LogP contribution >= 0.6 is 35.3 Å². The minimum Gasteiger partial charge on any atom is -0.345 e. The lowest BCUT2D eigenvalue weighted by atomic mass is 10.3. The van der Waals surface area contributed by atoms with Gasteiger partial charge in [0.15, 0.2) is 5.11 Å². The summed E-state index contributed by atoms with van der Waals surface area (Å²) in [5, 5.41) is 14.3. The molecule has 0 aliphatic carbocycles. The van der Waals surface area contributed by atoms with E-state index in [0.29, 0.717) is 58.5 Å². The molecule has 0 radical (unpaired) electrons. The van der Waals surface area contributed by atoms with Gasteiger partial charge in [-0.15, -0.1) is 0 Å². The summed E-state index contributed by atoms with van der Waals surface area (Å²) in [5.74, 6) is -2.69. The van der Waals surface area contributed by atoms with Crippen molar-refractivity contribution >= 4 is 57.0 Å². The fourth-order valence-electron chi connectivity index (χ4n) is 2.73. The average molecular weight is 459 g/mol. The predicted octanol–water partition coefficient (Wildman–Crippen LogP) is 4.13. The Morgan fingerprint density at radius 1 is 1.14 bits per heavy atom. The van der Waals surface area contributed by atoms with Gasteiger partial charge < -0.3 is 15.1 Å². The number of rotatable bonds is 5. The van der Waals surface area contributed by atoms with Crippen molar-refractivity contribution in [2.24, 2.45) is 0 Å². The first kappa shape index (κ1) is 21.4. The van der Waals surface area contributed by atoms with Gasteiger partial charge in [-0.05, 0) is 42.5 Å². The molecule has 1 aromatic heterocycles. The first-order chi connectivity index (χ1) is 13.8. The molecule has 1 saturated heterocycles. The number of carbonyl (C=O) groups excluding carboxylic acids is 1. The first-order valence-corrected chi connectivity index (χ1v) is 10.6. The minimum absolute atomic E-state index is 0.0599. The van der Waals surface area contributed by atoms with Gasteiger partial charge >= 0.3 is 5.00 Å². The Labute approximate surface area is 178 Å². The van der Waals surface area contributed by atoms with Crippen molar-refractivity contribution in [2.45, 2.75) is 10.7 Å². The molecule has 1 aliphatic rings. The zero-order valence-corrected chi connectivity index (χ0v) is 17.4. The zero-order valence-electron chi connectivity index (χ0n) is 14.9. The van der Waals surface area contributed by atoms with E-state index in [1.165, 1.54) is 12.1 Å². The van der Waals surface area contributed by atoms with Crippen molar-refractivity contribution in [3.63, 3.8) is 0 Å². The van der Waals surface area contributed by atoms with Crippen molar-refractivity contribution in [1.29, 1.82) is 0 Å². The van der Waals surface area contributed by atoms with Gasteiger partial charge in [0.1, 0.15) is 0 Å². The number of benzene rings is 1. The van der Waals surface area contributed by atoms with Crippen LogP contribution in [0.2, 0.25) is 0 Å². The number of halogens is 2. The Morgan fingerprint density at radius 3 is 2.31 bits per heavy atom. The van der Waals surface area contributed by atoms with Crippen LogP contribution in [0.15, 0.2) is 41.3 Å². The van der Waals surface area contributed by atoms with Gasteiger partial charge in [-0.2, -0.15) is 8.78 Å². The maximum Gasteiger partial charge on any atom is 0.324 e. The molecule has 7 nitrogen and oxygen atoms in total. The number of piperazine rings is 1. The number of hydrogen-bond donors (Lipinski definition) is 1. The van der Waals surface area contributed by atoms with Gasteiger partial charge in [-0.3, -0.25) is 14.9 Å². The van der Waals surface area contributed by atoms with Crippen molar-refractivity contribution < 1.29 is 18.5 Å². The third-order valence-corrected chi connectivity index (χ3v) is 6.28. The molecule has 0 atom stereocenters. The molecule has 1 fully saturated rings. The van der Waals surface area contributed by atoms with Crippen molar-refractivity contribution in [3.8, 4) is 0 Å². The molecule has 1 aliphatic heterocycles. The maximum atomic E-state index is 12.5. The Hall–Kier alpha value is -2.31. The number of nitrogens with zero attached hydrogens (tertiary/aromatic N) is 3. The van der Waals surface area contributed by atoms with Gasteiger partial charge in [0, 0.05) is 42.8 Å². The topological polar surface area (TPSA) is 78.7 Å². The van der Waals surface area contributed by atoms with Crippen LogP contribution in [-0.2, 0) is 0 Å². The average Bonchev–Trinajstić information content (AvgIpc) is 3.19. The molecule has 29 heavy (non-hydrogen) atoms. The highest BCUT2D eigenvalue weighted by molar-refractivity contribution is 7.99. The largest absolute Gasteiger partial charge is 0.345 e.